The van der Waals surface area contributed by atoms with Crippen LogP contribution in [0, 0.1) is 5.82 Å². The molecule has 1 atom stereocenters. The molecule has 0 spiro atoms. The predicted octanol–water partition coefficient (Wildman–Crippen LogP) is 1.63. The second-order valence-corrected chi connectivity index (χ2v) is 6.78. The van der Waals surface area contributed by atoms with Crippen LogP contribution < -0.4 is 5.56 Å². The second-order valence-electron chi connectivity index (χ2n) is 6.78. The first kappa shape index (κ1) is 16.1. The van der Waals surface area contributed by atoms with Crippen LogP contribution in [-0.4, -0.2) is 41.7 Å². The Morgan fingerprint density at radius 2 is 2.26 bits per heavy atom. The predicted molar refractivity (Wildman–Crippen MR) is 95.5 cm³/mol. The van der Waals surface area contributed by atoms with Gasteiger partial charge in [0.05, 0.1) is 28.9 Å². The van der Waals surface area contributed by atoms with Crippen molar-refractivity contribution in [1.29, 1.82) is 0 Å². The van der Waals surface area contributed by atoms with Gasteiger partial charge in [-0.05, 0) is 31.0 Å². The minimum absolute atomic E-state index is 0.178. The van der Waals surface area contributed by atoms with E-state index in [0.717, 1.165) is 25.1 Å². The van der Waals surface area contributed by atoms with Gasteiger partial charge in [0.2, 0.25) is 0 Å². The summed E-state index contributed by atoms with van der Waals surface area (Å²) in [7, 11) is 1.64. The molecule has 1 fully saturated rings. The van der Waals surface area contributed by atoms with E-state index in [1.807, 2.05) is 6.20 Å². The lowest BCUT2D eigenvalue weighted by molar-refractivity contribution is 0.110. The maximum absolute atomic E-state index is 13.6. The van der Waals surface area contributed by atoms with Crippen LogP contribution in [0.1, 0.15) is 18.5 Å². The van der Waals surface area contributed by atoms with E-state index in [9.17, 15) is 9.18 Å². The Bertz CT molecular complexity index is 1220. The summed E-state index contributed by atoms with van der Waals surface area (Å²) in [6, 6.07) is 4.15. The SMILES string of the molecule is Cn1c(=O)c2cc(F)ccc2n2cnc(-n3cc(CC4CCCO4)nn3)c12. The topological polar surface area (TPSA) is 79.2 Å². The minimum atomic E-state index is -0.450. The van der Waals surface area contributed by atoms with Crippen molar-refractivity contribution in [2.75, 3.05) is 6.61 Å². The molecule has 0 saturated carbocycles. The van der Waals surface area contributed by atoms with Crippen LogP contribution in [0.4, 0.5) is 4.39 Å². The largest absolute Gasteiger partial charge is 0.378 e. The van der Waals surface area contributed by atoms with Gasteiger partial charge in [-0.1, -0.05) is 5.21 Å². The molecule has 1 saturated heterocycles. The monoisotopic (exact) mass is 368 g/mol. The average Bonchev–Trinajstić information content (AvgIpc) is 3.40. The maximum Gasteiger partial charge on any atom is 0.261 e. The Hall–Kier alpha value is -3.07. The van der Waals surface area contributed by atoms with Gasteiger partial charge < -0.3 is 4.74 Å². The van der Waals surface area contributed by atoms with Gasteiger partial charge in [-0.25, -0.2) is 9.37 Å². The van der Waals surface area contributed by atoms with E-state index in [4.69, 9.17) is 4.74 Å². The number of fused-ring (bicyclic) bond motifs is 3. The molecule has 4 heterocycles. The number of halogens is 1. The molecule has 1 aliphatic rings. The molecule has 0 bridgehead atoms. The van der Waals surface area contributed by atoms with Gasteiger partial charge in [-0.15, -0.1) is 5.10 Å². The van der Waals surface area contributed by atoms with E-state index < -0.39 is 5.82 Å². The van der Waals surface area contributed by atoms with Crippen LogP contribution in [0.5, 0.6) is 0 Å². The smallest absolute Gasteiger partial charge is 0.261 e. The third-order valence-electron chi connectivity index (χ3n) is 5.01. The molecule has 0 radical (unpaired) electrons. The van der Waals surface area contributed by atoms with Crippen molar-refractivity contribution in [1.82, 2.24) is 28.9 Å². The van der Waals surface area contributed by atoms with Crippen molar-refractivity contribution in [3.8, 4) is 5.82 Å². The van der Waals surface area contributed by atoms with Crippen LogP contribution in [-0.2, 0) is 18.2 Å². The minimum Gasteiger partial charge on any atom is -0.378 e. The molecule has 1 aromatic carbocycles. The highest BCUT2D eigenvalue weighted by Crippen LogP contribution is 2.20. The molecule has 4 aromatic rings. The summed E-state index contributed by atoms with van der Waals surface area (Å²) in [5, 5.41) is 8.69. The molecule has 1 unspecified atom stereocenters. The quantitative estimate of drug-likeness (QED) is 0.549. The fourth-order valence-corrected chi connectivity index (χ4v) is 3.68. The Balaban J connectivity index is 1.64. The molecular formula is C18H17FN6O2. The number of rotatable bonds is 3. The van der Waals surface area contributed by atoms with Gasteiger partial charge in [0, 0.05) is 20.1 Å². The zero-order chi connectivity index (χ0) is 18.5. The molecule has 0 amide bonds. The lowest BCUT2D eigenvalue weighted by Crippen LogP contribution is -2.20. The van der Waals surface area contributed by atoms with E-state index >= 15 is 0 Å². The molecule has 9 heteroatoms. The Morgan fingerprint density at radius 1 is 1.37 bits per heavy atom. The zero-order valence-electron chi connectivity index (χ0n) is 14.7. The molecule has 8 nitrogen and oxygen atoms in total. The van der Waals surface area contributed by atoms with Crippen molar-refractivity contribution in [3.05, 3.63) is 52.6 Å². The van der Waals surface area contributed by atoms with Gasteiger partial charge in [0.15, 0.2) is 11.5 Å². The Kier molecular flexibility index (Phi) is 3.57. The number of ether oxygens (including phenoxy) is 1. The fourth-order valence-electron chi connectivity index (χ4n) is 3.68. The first-order chi connectivity index (χ1) is 13.1. The summed E-state index contributed by atoms with van der Waals surface area (Å²) in [4.78, 5) is 17.1. The molecular weight excluding hydrogens is 351 g/mol. The van der Waals surface area contributed by atoms with Crippen molar-refractivity contribution in [2.24, 2.45) is 7.05 Å². The van der Waals surface area contributed by atoms with E-state index in [-0.39, 0.29) is 11.7 Å². The highest BCUT2D eigenvalue weighted by atomic mass is 19.1. The number of aryl methyl sites for hydroxylation is 1. The zero-order valence-corrected chi connectivity index (χ0v) is 14.7. The third-order valence-corrected chi connectivity index (χ3v) is 5.01. The molecule has 0 aliphatic carbocycles. The maximum atomic E-state index is 13.6. The number of benzene rings is 1. The lowest BCUT2D eigenvalue weighted by atomic mass is 10.1. The van der Waals surface area contributed by atoms with Crippen LogP contribution >= 0.6 is 0 Å². The second kappa shape index (κ2) is 5.98. The lowest BCUT2D eigenvalue weighted by Gasteiger charge is -2.08. The van der Waals surface area contributed by atoms with E-state index in [1.165, 1.54) is 16.7 Å². The standard InChI is InChI=1S/C18H17FN6O2/c1-23-17-16(25-9-12(21-22-25)8-13-3-2-6-27-13)20-10-24(17)15-5-4-11(19)7-14(15)18(23)26/h4-5,7,9-10,13H,2-3,6,8H2,1H3. The van der Waals surface area contributed by atoms with Gasteiger partial charge in [0.1, 0.15) is 12.1 Å². The number of nitrogens with zero attached hydrogens (tertiary/aromatic N) is 6. The number of aromatic nitrogens is 6. The Morgan fingerprint density at radius 3 is 3.07 bits per heavy atom. The molecule has 0 N–H and O–H groups in total. The van der Waals surface area contributed by atoms with Crippen molar-refractivity contribution in [3.63, 3.8) is 0 Å². The summed E-state index contributed by atoms with van der Waals surface area (Å²) in [5.74, 6) is 0.0428. The highest BCUT2D eigenvalue weighted by Gasteiger charge is 2.20. The number of imidazole rings is 1. The van der Waals surface area contributed by atoms with Crippen LogP contribution in [0.15, 0.2) is 35.5 Å². The normalized spacial score (nSPS) is 17.3. The number of hydrogen-bond acceptors (Lipinski definition) is 5. The van der Waals surface area contributed by atoms with Crippen molar-refractivity contribution >= 4 is 16.6 Å². The molecule has 138 valence electrons. The summed E-state index contributed by atoms with van der Waals surface area (Å²) >= 11 is 0. The van der Waals surface area contributed by atoms with Gasteiger partial charge >= 0.3 is 0 Å². The molecule has 3 aromatic heterocycles. The molecule has 27 heavy (non-hydrogen) atoms. The molecule has 5 rings (SSSR count). The fraction of sp³-hybridized carbons (Fsp3) is 0.333. The van der Waals surface area contributed by atoms with Gasteiger partial charge in [0.25, 0.3) is 5.56 Å². The molecule has 1 aliphatic heterocycles. The number of hydrogen-bond donors (Lipinski definition) is 0. The van der Waals surface area contributed by atoms with Crippen molar-refractivity contribution < 1.29 is 9.13 Å². The average molecular weight is 368 g/mol. The Labute approximate surface area is 152 Å². The van der Waals surface area contributed by atoms with E-state index in [1.54, 1.807) is 28.5 Å². The van der Waals surface area contributed by atoms with Crippen LogP contribution in [0.25, 0.3) is 22.4 Å². The van der Waals surface area contributed by atoms with Gasteiger partial charge in [-0.3, -0.25) is 13.8 Å². The van der Waals surface area contributed by atoms with E-state index in [2.05, 4.69) is 15.3 Å². The summed E-state index contributed by atoms with van der Waals surface area (Å²) in [6.07, 6.45) is 6.39. The van der Waals surface area contributed by atoms with Crippen LogP contribution in [0.3, 0.4) is 0 Å². The van der Waals surface area contributed by atoms with Crippen LogP contribution in [0.2, 0.25) is 0 Å². The first-order valence-electron chi connectivity index (χ1n) is 8.80. The van der Waals surface area contributed by atoms with Gasteiger partial charge in [-0.2, -0.15) is 4.68 Å². The first-order valence-corrected chi connectivity index (χ1v) is 8.80. The summed E-state index contributed by atoms with van der Waals surface area (Å²) < 4.78 is 24.0. The summed E-state index contributed by atoms with van der Waals surface area (Å²) in [5.41, 5.74) is 1.68. The highest BCUT2D eigenvalue weighted by molar-refractivity contribution is 5.82. The van der Waals surface area contributed by atoms with E-state index in [0.29, 0.717) is 28.8 Å². The third kappa shape index (κ3) is 2.54. The summed E-state index contributed by atoms with van der Waals surface area (Å²) in [6.45, 7) is 0.792. The van der Waals surface area contributed by atoms with Crippen molar-refractivity contribution in [2.45, 2.75) is 25.4 Å².